The minimum Gasteiger partial charge on any atom is -0.493 e. The highest BCUT2D eigenvalue weighted by Crippen LogP contribution is 2.25. The lowest BCUT2D eigenvalue weighted by Crippen LogP contribution is -2.14. The zero-order valence-electron chi connectivity index (χ0n) is 11.9. The number of ether oxygens (including phenoxy) is 1. The van der Waals surface area contributed by atoms with Crippen molar-refractivity contribution in [2.75, 3.05) is 11.9 Å². The number of halogens is 1. The predicted molar refractivity (Wildman–Crippen MR) is 87.2 cm³/mol. The first kappa shape index (κ1) is 15.9. The first-order valence-electron chi connectivity index (χ1n) is 6.70. The van der Waals surface area contributed by atoms with Crippen LogP contribution in [-0.4, -0.2) is 22.7 Å². The summed E-state index contributed by atoms with van der Waals surface area (Å²) in [6, 6.07) is 5.37. The van der Waals surface area contributed by atoms with E-state index in [0.717, 1.165) is 22.3 Å². The summed E-state index contributed by atoms with van der Waals surface area (Å²) in [5, 5.41) is 12.1. The van der Waals surface area contributed by atoms with Crippen molar-refractivity contribution in [3.8, 4) is 5.75 Å². The van der Waals surface area contributed by atoms with E-state index in [1.54, 1.807) is 12.1 Å². The third kappa shape index (κ3) is 4.25. The fraction of sp³-hybridized carbons (Fsp3) is 0.357. The zero-order chi connectivity index (χ0) is 15.2. The normalized spacial score (nSPS) is 10.4. The van der Waals surface area contributed by atoms with Crippen LogP contribution in [0.3, 0.4) is 0 Å². The average Bonchev–Trinajstić information content (AvgIpc) is 2.93. The number of benzene rings is 1. The quantitative estimate of drug-likeness (QED) is 0.838. The molecule has 5 nitrogen and oxygen atoms in total. The third-order valence-electron chi connectivity index (χ3n) is 2.64. The van der Waals surface area contributed by atoms with Gasteiger partial charge < -0.3 is 4.74 Å². The maximum absolute atomic E-state index is 12.4. The Morgan fingerprint density at radius 2 is 2.19 bits per heavy atom. The molecule has 0 fully saturated rings. The Morgan fingerprint density at radius 1 is 1.38 bits per heavy atom. The number of rotatable bonds is 6. The van der Waals surface area contributed by atoms with E-state index in [1.807, 2.05) is 19.9 Å². The van der Waals surface area contributed by atoms with Gasteiger partial charge in [-0.2, -0.15) is 0 Å². The number of hydrogen-bond acceptors (Lipinski definition) is 5. The molecule has 112 valence electrons. The van der Waals surface area contributed by atoms with Gasteiger partial charge in [-0.1, -0.05) is 41.1 Å². The molecular formula is C14H16BrN3O2S. The van der Waals surface area contributed by atoms with Crippen LogP contribution in [0.5, 0.6) is 5.75 Å². The molecule has 1 aromatic heterocycles. The lowest BCUT2D eigenvalue weighted by molar-refractivity contribution is 0.102. The molecule has 7 heteroatoms. The van der Waals surface area contributed by atoms with Crippen molar-refractivity contribution in [2.24, 2.45) is 0 Å². The molecule has 1 N–H and O–H groups in total. The number of nitrogens with one attached hydrogen (secondary N) is 1. The minimum atomic E-state index is -0.249. The lowest BCUT2D eigenvalue weighted by Gasteiger charge is -2.10. The van der Waals surface area contributed by atoms with Crippen molar-refractivity contribution >= 4 is 38.3 Å². The van der Waals surface area contributed by atoms with Gasteiger partial charge in [0.1, 0.15) is 10.8 Å². The molecule has 0 unspecified atom stereocenters. The average molecular weight is 370 g/mol. The molecule has 1 aromatic carbocycles. The summed E-state index contributed by atoms with van der Waals surface area (Å²) in [7, 11) is 0. The van der Waals surface area contributed by atoms with E-state index in [1.165, 1.54) is 11.3 Å². The minimum absolute atomic E-state index is 0.249. The van der Waals surface area contributed by atoms with Gasteiger partial charge in [0, 0.05) is 4.47 Å². The predicted octanol–water partition coefficient (Wildman–Crippen LogP) is 3.90. The summed E-state index contributed by atoms with van der Waals surface area (Å²) < 4.78 is 6.43. The van der Waals surface area contributed by atoms with Gasteiger partial charge in [-0.3, -0.25) is 10.1 Å². The van der Waals surface area contributed by atoms with Crippen molar-refractivity contribution in [2.45, 2.75) is 26.7 Å². The summed E-state index contributed by atoms with van der Waals surface area (Å²) in [4.78, 5) is 12.4. The first-order valence-corrected chi connectivity index (χ1v) is 8.31. The van der Waals surface area contributed by atoms with E-state index >= 15 is 0 Å². The van der Waals surface area contributed by atoms with Gasteiger partial charge in [0.05, 0.1) is 12.2 Å². The van der Waals surface area contributed by atoms with E-state index in [0.29, 0.717) is 23.1 Å². The topological polar surface area (TPSA) is 64.1 Å². The van der Waals surface area contributed by atoms with Crippen LogP contribution < -0.4 is 10.1 Å². The Morgan fingerprint density at radius 3 is 2.86 bits per heavy atom. The van der Waals surface area contributed by atoms with Gasteiger partial charge in [-0.25, -0.2) is 0 Å². The fourth-order valence-electron chi connectivity index (χ4n) is 1.63. The van der Waals surface area contributed by atoms with E-state index in [2.05, 4.69) is 31.4 Å². The Bertz CT molecular complexity index is 630. The van der Waals surface area contributed by atoms with E-state index in [-0.39, 0.29) is 5.91 Å². The summed E-state index contributed by atoms with van der Waals surface area (Å²) in [6.45, 7) is 4.59. The molecule has 2 rings (SSSR count). The molecule has 1 amide bonds. The van der Waals surface area contributed by atoms with Crippen molar-refractivity contribution in [3.05, 3.63) is 33.2 Å². The van der Waals surface area contributed by atoms with Crippen LogP contribution in [0.1, 0.15) is 35.6 Å². The van der Waals surface area contributed by atoms with E-state index in [4.69, 9.17) is 4.74 Å². The number of amides is 1. The highest BCUT2D eigenvalue weighted by molar-refractivity contribution is 9.10. The second-order valence-electron chi connectivity index (χ2n) is 4.30. The zero-order valence-corrected chi connectivity index (χ0v) is 14.3. The summed E-state index contributed by atoms with van der Waals surface area (Å²) in [5.41, 5.74) is 0.478. The molecule has 0 bridgehead atoms. The molecule has 21 heavy (non-hydrogen) atoms. The van der Waals surface area contributed by atoms with Crippen LogP contribution in [0.25, 0.3) is 0 Å². The monoisotopic (exact) mass is 369 g/mol. The maximum Gasteiger partial charge on any atom is 0.261 e. The number of aromatic nitrogens is 2. The summed E-state index contributed by atoms with van der Waals surface area (Å²) in [6.07, 6.45) is 1.68. The third-order valence-corrected chi connectivity index (χ3v) is 4.11. The van der Waals surface area contributed by atoms with Crippen LogP contribution in [0.15, 0.2) is 22.7 Å². The molecule has 0 saturated heterocycles. The van der Waals surface area contributed by atoms with Gasteiger partial charge in [0.2, 0.25) is 5.13 Å². The van der Waals surface area contributed by atoms with Crippen molar-refractivity contribution in [1.29, 1.82) is 0 Å². The van der Waals surface area contributed by atoms with E-state index in [9.17, 15) is 4.79 Å². The number of carbonyl (C=O) groups is 1. The van der Waals surface area contributed by atoms with E-state index < -0.39 is 0 Å². The second kappa shape index (κ2) is 7.51. The van der Waals surface area contributed by atoms with Crippen LogP contribution in [-0.2, 0) is 6.42 Å². The number of carbonyl (C=O) groups excluding carboxylic acids is 1. The molecule has 2 aromatic rings. The highest BCUT2D eigenvalue weighted by Gasteiger charge is 2.15. The molecular weight excluding hydrogens is 354 g/mol. The van der Waals surface area contributed by atoms with Crippen LogP contribution in [0, 0.1) is 0 Å². The van der Waals surface area contributed by atoms with Crippen molar-refractivity contribution < 1.29 is 9.53 Å². The maximum atomic E-state index is 12.4. The molecule has 0 saturated carbocycles. The fourth-order valence-corrected chi connectivity index (χ4v) is 2.66. The van der Waals surface area contributed by atoms with Gasteiger partial charge in [-0.15, -0.1) is 10.2 Å². The number of nitrogens with zero attached hydrogens (tertiary/aromatic N) is 2. The van der Waals surface area contributed by atoms with Crippen LogP contribution in [0.2, 0.25) is 0 Å². The largest absolute Gasteiger partial charge is 0.493 e. The molecule has 0 aliphatic heterocycles. The number of hydrogen-bond donors (Lipinski definition) is 1. The summed E-state index contributed by atoms with van der Waals surface area (Å²) >= 11 is 4.75. The van der Waals surface area contributed by atoms with Gasteiger partial charge in [0.15, 0.2) is 0 Å². The summed E-state index contributed by atoms with van der Waals surface area (Å²) in [5.74, 6) is 0.319. The van der Waals surface area contributed by atoms with Crippen molar-refractivity contribution in [1.82, 2.24) is 10.2 Å². The Hall–Kier alpha value is -1.47. The number of anilines is 1. The molecule has 0 atom stereocenters. The van der Waals surface area contributed by atoms with Crippen LogP contribution >= 0.6 is 27.3 Å². The molecule has 0 radical (unpaired) electrons. The first-order chi connectivity index (χ1) is 10.1. The Balaban J connectivity index is 2.18. The lowest BCUT2D eigenvalue weighted by atomic mass is 10.2. The Labute approximate surface area is 135 Å². The van der Waals surface area contributed by atoms with Gasteiger partial charge in [0.25, 0.3) is 5.91 Å². The van der Waals surface area contributed by atoms with Gasteiger partial charge in [-0.05, 0) is 31.0 Å². The van der Waals surface area contributed by atoms with Crippen molar-refractivity contribution in [3.63, 3.8) is 0 Å². The number of aryl methyl sites for hydroxylation is 1. The standard InChI is InChI=1S/C14H16BrN3O2S/c1-3-7-20-11-6-5-9(15)8-10(11)13(19)16-14-18-17-12(4-2)21-14/h5-6,8H,3-4,7H2,1-2H3,(H,16,18,19). The van der Waals surface area contributed by atoms with Gasteiger partial charge >= 0.3 is 0 Å². The SMILES string of the molecule is CCCOc1ccc(Br)cc1C(=O)Nc1nnc(CC)s1. The molecule has 0 aliphatic rings. The highest BCUT2D eigenvalue weighted by atomic mass is 79.9. The molecule has 0 spiro atoms. The molecule has 1 heterocycles. The molecule has 0 aliphatic carbocycles. The smallest absolute Gasteiger partial charge is 0.261 e. The second-order valence-corrected chi connectivity index (χ2v) is 6.28. The Kier molecular flexibility index (Phi) is 5.69. The van der Waals surface area contributed by atoms with Crippen LogP contribution in [0.4, 0.5) is 5.13 Å².